The van der Waals surface area contributed by atoms with E-state index in [1.165, 1.54) is 7.11 Å². The van der Waals surface area contributed by atoms with E-state index < -0.39 is 11.4 Å². The van der Waals surface area contributed by atoms with Crippen molar-refractivity contribution >= 4 is 27.8 Å². The first-order valence-corrected chi connectivity index (χ1v) is 7.97. The van der Waals surface area contributed by atoms with Gasteiger partial charge in [0.15, 0.2) is 0 Å². The number of ether oxygens (including phenoxy) is 1. The molecule has 1 heterocycles. The van der Waals surface area contributed by atoms with E-state index in [0.29, 0.717) is 24.9 Å². The smallest absolute Gasteiger partial charge is 0.313 e. The van der Waals surface area contributed by atoms with Gasteiger partial charge in [-0.3, -0.25) is 9.59 Å². The minimum absolute atomic E-state index is 0.112. The highest BCUT2D eigenvalue weighted by molar-refractivity contribution is 9.10. The lowest BCUT2D eigenvalue weighted by Crippen LogP contribution is -2.52. The van der Waals surface area contributed by atoms with Gasteiger partial charge in [-0.05, 0) is 47.3 Å². The highest BCUT2D eigenvalue weighted by Gasteiger charge is 2.44. The van der Waals surface area contributed by atoms with Crippen molar-refractivity contribution in [1.29, 1.82) is 0 Å². The van der Waals surface area contributed by atoms with Gasteiger partial charge in [-0.15, -0.1) is 0 Å². The third kappa shape index (κ3) is 3.17. The van der Waals surface area contributed by atoms with Gasteiger partial charge < -0.3 is 14.7 Å². The summed E-state index contributed by atoms with van der Waals surface area (Å²) < 4.78 is 5.86. The van der Waals surface area contributed by atoms with Crippen molar-refractivity contribution < 1.29 is 19.4 Å². The Morgan fingerprint density at radius 2 is 2.18 bits per heavy atom. The van der Waals surface area contributed by atoms with E-state index in [9.17, 15) is 14.7 Å². The van der Waals surface area contributed by atoms with E-state index in [1.54, 1.807) is 11.0 Å². The fourth-order valence-corrected chi connectivity index (χ4v) is 3.35. The Kier molecular flexibility index (Phi) is 5.24. The molecule has 0 bridgehead atoms. The summed E-state index contributed by atoms with van der Waals surface area (Å²) in [6.45, 7) is 2.78. The summed E-state index contributed by atoms with van der Waals surface area (Å²) in [7, 11) is 1.49. The number of carboxylic acid groups (broad SMARTS) is 1. The SMILES string of the molecule is COCC1(C(=O)O)CCCN(C(=O)c2cccc(C)c2Br)C1. The van der Waals surface area contributed by atoms with Crippen LogP contribution in [-0.2, 0) is 9.53 Å². The topological polar surface area (TPSA) is 66.8 Å². The van der Waals surface area contributed by atoms with Crippen molar-refractivity contribution in [3.05, 3.63) is 33.8 Å². The number of hydrogen-bond donors (Lipinski definition) is 1. The number of carbonyl (C=O) groups is 2. The number of benzene rings is 1. The van der Waals surface area contributed by atoms with Crippen molar-refractivity contribution in [2.75, 3.05) is 26.8 Å². The van der Waals surface area contributed by atoms with Gasteiger partial charge in [-0.2, -0.15) is 0 Å². The predicted molar refractivity (Wildman–Crippen MR) is 86.0 cm³/mol. The molecule has 0 saturated carbocycles. The Morgan fingerprint density at radius 1 is 1.45 bits per heavy atom. The van der Waals surface area contributed by atoms with E-state index in [2.05, 4.69) is 15.9 Å². The molecule has 1 amide bonds. The van der Waals surface area contributed by atoms with Crippen LogP contribution in [0.4, 0.5) is 0 Å². The molecule has 22 heavy (non-hydrogen) atoms. The normalized spacial score (nSPS) is 21.7. The third-order valence-electron chi connectivity index (χ3n) is 4.16. The molecule has 1 aromatic carbocycles. The molecule has 0 aromatic heterocycles. The van der Waals surface area contributed by atoms with Crippen LogP contribution in [0.3, 0.4) is 0 Å². The molecule has 1 unspecified atom stereocenters. The van der Waals surface area contributed by atoms with Crippen LogP contribution >= 0.6 is 15.9 Å². The molecule has 120 valence electrons. The number of nitrogens with zero attached hydrogens (tertiary/aromatic N) is 1. The van der Waals surface area contributed by atoms with Crippen LogP contribution in [0, 0.1) is 12.3 Å². The number of carboxylic acids is 1. The number of methoxy groups -OCH3 is 1. The van der Waals surface area contributed by atoms with Gasteiger partial charge in [0.05, 0.1) is 12.2 Å². The lowest BCUT2D eigenvalue weighted by atomic mass is 9.80. The van der Waals surface area contributed by atoms with Crippen LogP contribution in [0.25, 0.3) is 0 Å². The van der Waals surface area contributed by atoms with E-state index in [-0.39, 0.29) is 19.1 Å². The monoisotopic (exact) mass is 369 g/mol. The van der Waals surface area contributed by atoms with Gasteiger partial charge >= 0.3 is 5.97 Å². The maximum atomic E-state index is 12.7. The zero-order valence-corrected chi connectivity index (χ0v) is 14.4. The fraction of sp³-hybridized carbons (Fsp3) is 0.500. The van der Waals surface area contributed by atoms with Gasteiger partial charge in [-0.1, -0.05) is 12.1 Å². The largest absolute Gasteiger partial charge is 0.481 e. The molecule has 2 rings (SSSR count). The molecule has 0 radical (unpaired) electrons. The molecule has 1 saturated heterocycles. The minimum Gasteiger partial charge on any atom is -0.481 e. The Morgan fingerprint density at radius 3 is 2.82 bits per heavy atom. The number of amides is 1. The number of halogens is 1. The first-order chi connectivity index (χ1) is 10.4. The summed E-state index contributed by atoms with van der Waals surface area (Å²) in [5, 5.41) is 9.56. The maximum absolute atomic E-state index is 12.7. The van der Waals surface area contributed by atoms with Crippen molar-refractivity contribution in [3.8, 4) is 0 Å². The molecule has 0 spiro atoms. The van der Waals surface area contributed by atoms with Gasteiger partial charge in [0.25, 0.3) is 5.91 Å². The molecule has 1 aliphatic heterocycles. The van der Waals surface area contributed by atoms with Crippen molar-refractivity contribution in [2.45, 2.75) is 19.8 Å². The standard InChI is InChI=1S/C16H20BrNO4/c1-11-5-3-6-12(13(11)17)14(19)18-8-4-7-16(9-18,10-22-2)15(20)21/h3,5-6H,4,7-10H2,1-2H3,(H,20,21). The van der Waals surface area contributed by atoms with Crippen molar-refractivity contribution in [2.24, 2.45) is 5.41 Å². The average molecular weight is 370 g/mol. The van der Waals surface area contributed by atoms with Gasteiger partial charge in [-0.25, -0.2) is 0 Å². The number of hydrogen-bond acceptors (Lipinski definition) is 3. The van der Waals surface area contributed by atoms with Crippen LogP contribution in [0.1, 0.15) is 28.8 Å². The molecule has 1 aliphatic rings. The van der Waals surface area contributed by atoms with Crippen LogP contribution in [-0.4, -0.2) is 48.7 Å². The Balaban J connectivity index is 2.27. The van der Waals surface area contributed by atoms with Gasteiger partial charge in [0, 0.05) is 24.7 Å². The van der Waals surface area contributed by atoms with E-state index in [0.717, 1.165) is 10.0 Å². The first-order valence-electron chi connectivity index (χ1n) is 7.18. The highest BCUT2D eigenvalue weighted by atomic mass is 79.9. The first kappa shape index (κ1) is 17.0. The van der Waals surface area contributed by atoms with E-state index in [1.807, 2.05) is 19.1 Å². The molecule has 1 atom stereocenters. The van der Waals surface area contributed by atoms with E-state index in [4.69, 9.17) is 4.74 Å². The van der Waals surface area contributed by atoms with Crippen LogP contribution in [0.5, 0.6) is 0 Å². The molecule has 0 aliphatic carbocycles. The summed E-state index contributed by atoms with van der Waals surface area (Å²) in [4.78, 5) is 26.0. The summed E-state index contributed by atoms with van der Waals surface area (Å²) in [5.41, 5.74) is 0.529. The molecule has 5 nitrogen and oxygen atoms in total. The second-order valence-electron chi connectivity index (χ2n) is 5.79. The van der Waals surface area contributed by atoms with Crippen LogP contribution < -0.4 is 0 Å². The molecular formula is C16H20BrNO4. The summed E-state index contributed by atoms with van der Waals surface area (Å²) in [6, 6.07) is 5.51. The maximum Gasteiger partial charge on any atom is 0.313 e. The van der Waals surface area contributed by atoms with Crippen LogP contribution in [0.2, 0.25) is 0 Å². The fourth-order valence-electron chi connectivity index (χ4n) is 2.92. The zero-order valence-electron chi connectivity index (χ0n) is 12.8. The molecule has 1 aromatic rings. The molecule has 6 heteroatoms. The number of aliphatic carboxylic acids is 1. The van der Waals surface area contributed by atoms with Crippen molar-refractivity contribution in [1.82, 2.24) is 4.90 Å². The minimum atomic E-state index is -1.01. The quantitative estimate of drug-likeness (QED) is 0.885. The Bertz CT molecular complexity index is 586. The number of piperidine rings is 1. The zero-order chi connectivity index (χ0) is 16.3. The number of aryl methyl sites for hydroxylation is 1. The lowest BCUT2D eigenvalue weighted by molar-refractivity contribution is -0.155. The third-order valence-corrected chi connectivity index (χ3v) is 5.21. The Labute approximate surface area is 138 Å². The Hall–Kier alpha value is -1.40. The molecule has 1 N–H and O–H groups in total. The predicted octanol–water partition coefficient (Wildman–Crippen LogP) is 2.71. The van der Waals surface area contributed by atoms with Crippen LogP contribution in [0.15, 0.2) is 22.7 Å². The van der Waals surface area contributed by atoms with Gasteiger partial charge in [0.1, 0.15) is 5.41 Å². The summed E-state index contributed by atoms with van der Waals surface area (Å²) in [5.74, 6) is -1.05. The molecule has 1 fully saturated rings. The number of rotatable bonds is 4. The van der Waals surface area contributed by atoms with E-state index >= 15 is 0 Å². The number of carbonyl (C=O) groups excluding carboxylic acids is 1. The molecular weight excluding hydrogens is 350 g/mol. The lowest BCUT2D eigenvalue weighted by Gasteiger charge is -2.39. The van der Waals surface area contributed by atoms with Crippen molar-refractivity contribution in [3.63, 3.8) is 0 Å². The second-order valence-corrected chi connectivity index (χ2v) is 6.58. The summed E-state index contributed by atoms with van der Waals surface area (Å²) >= 11 is 3.45. The number of likely N-dealkylation sites (tertiary alicyclic amines) is 1. The second kappa shape index (κ2) is 6.79. The highest BCUT2D eigenvalue weighted by Crippen LogP contribution is 2.32. The average Bonchev–Trinajstić information content (AvgIpc) is 2.50. The summed E-state index contributed by atoms with van der Waals surface area (Å²) in [6.07, 6.45) is 1.18. The van der Waals surface area contributed by atoms with Gasteiger partial charge in [0.2, 0.25) is 0 Å².